The van der Waals surface area contributed by atoms with Gasteiger partial charge >= 0.3 is 0 Å². The lowest BCUT2D eigenvalue weighted by molar-refractivity contribution is -0.383. The fourth-order valence-electron chi connectivity index (χ4n) is 2.07. The van der Waals surface area contributed by atoms with Gasteiger partial charge in [0.25, 0.3) is 5.69 Å². The number of pyridine rings is 1. The van der Waals surface area contributed by atoms with Gasteiger partial charge in [-0.05, 0) is 18.1 Å². The van der Waals surface area contributed by atoms with E-state index in [1.165, 1.54) is 20.3 Å². The number of hydrogen-bond donors (Lipinski definition) is 0. The Kier molecular flexibility index (Phi) is 3.74. The number of aromatic nitrogens is 1. The van der Waals surface area contributed by atoms with Crippen LogP contribution in [0.5, 0.6) is 11.5 Å². The van der Waals surface area contributed by atoms with Gasteiger partial charge in [0.1, 0.15) is 0 Å². The zero-order valence-electron chi connectivity index (χ0n) is 11.8. The third-order valence-electron chi connectivity index (χ3n) is 3.11. The van der Waals surface area contributed by atoms with Gasteiger partial charge in [-0.2, -0.15) is 0 Å². The highest BCUT2D eigenvalue weighted by Gasteiger charge is 2.22. The van der Waals surface area contributed by atoms with E-state index in [2.05, 4.69) is 4.98 Å². The molecule has 20 heavy (non-hydrogen) atoms. The highest BCUT2D eigenvalue weighted by molar-refractivity contribution is 5.94. The van der Waals surface area contributed by atoms with E-state index in [-0.39, 0.29) is 11.6 Å². The minimum atomic E-state index is -0.457. The smallest absolute Gasteiger partial charge is 0.299 e. The van der Waals surface area contributed by atoms with Crippen molar-refractivity contribution < 1.29 is 14.4 Å². The van der Waals surface area contributed by atoms with E-state index in [0.717, 1.165) is 5.69 Å². The van der Waals surface area contributed by atoms with Crippen LogP contribution in [0.15, 0.2) is 18.2 Å². The van der Waals surface area contributed by atoms with Gasteiger partial charge in [0.2, 0.25) is 0 Å². The number of nitro groups is 1. The Morgan fingerprint density at radius 2 is 1.95 bits per heavy atom. The van der Waals surface area contributed by atoms with Crippen molar-refractivity contribution in [1.82, 2.24) is 4.98 Å². The van der Waals surface area contributed by atoms with E-state index in [1.54, 1.807) is 6.07 Å². The van der Waals surface area contributed by atoms with Crippen LogP contribution in [0.25, 0.3) is 10.9 Å². The van der Waals surface area contributed by atoms with Gasteiger partial charge < -0.3 is 9.47 Å². The molecule has 6 nitrogen and oxygen atoms in total. The molecule has 0 unspecified atom stereocenters. The Hall–Kier alpha value is -2.37. The number of ether oxygens (including phenoxy) is 2. The first-order chi connectivity index (χ1) is 9.49. The highest BCUT2D eigenvalue weighted by atomic mass is 16.6. The topological polar surface area (TPSA) is 74.5 Å². The molecule has 0 aliphatic heterocycles. The summed E-state index contributed by atoms with van der Waals surface area (Å²) < 4.78 is 10.5. The van der Waals surface area contributed by atoms with E-state index in [4.69, 9.17) is 9.47 Å². The number of non-ortho nitro benzene ring substituents is 1. The summed E-state index contributed by atoms with van der Waals surface area (Å²) in [6.45, 7) is 3.97. The van der Waals surface area contributed by atoms with Crippen molar-refractivity contribution in [3.8, 4) is 11.5 Å². The lowest BCUT2D eigenvalue weighted by Gasteiger charge is -2.12. The maximum Gasteiger partial charge on any atom is 0.299 e. The summed E-state index contributed by atoms with van der Waals surface area (Å²) in [6.07, 6.45) is 0. The summed E-state index contributed by atoms with van der Waals surface area (Å²) in [7, 11) is 2.95. The van der Waals surface area contributed by atoms with E-state index in [9.17, 15) is 10.1 Å². The van der Waals surface area contributed by atoms with Crippen LogP contribution in [-0.2, 0) is 0 Å². The Morgan fingerprint density at radius 1 is 1.25 bits per heavy atom. The van der Waals surface area contributed by atoms with Gasteiger partial charge in [0.15, 0.2) is 17.0 Å². The van der Waals surface area contributed by atoms with Gasteiger partial charge in [0.05, 0.1) is 30.6 Å². The minimum absolute atomic E-state index is 0.0832. The van der Waals surface area contributed by atoms with Crippen LogP contribution in [-0.4, -0.2) is 24.1 Å². The molecule has 2 rings (SSSR count). The SMILES string of the molecule is COc1cc([N+](=O)[O-])c2nc(C(C)C)ccc2c1OC. The van der Waals surface area contributed by atoms with Crippen molar-refractivity contribution in [3.05, 3.63) is 34.0 Å². The molecule has 6 heteroatoms. The van der Waals surface area contributed by atoms with Gasteiger partial charge in [-0.15, -0.1) is 0 Å². The molecular formula is C14H16N2O4. The summed E-state index contributed by atoms with van der Waals surface area (Å²) in [5.74, 6) is 0.966. The van der Waals surface area contributed by atoms with Gasteiger partial charge in [-0.25, -0.2) is 4.98 Å². The summed E-state index contributed by atoms with van der Waals surface area (Å²) >= 11 is 0. The molecule has 0 aliphatic rings. The zero-order chi connectivity index (χ0) is 14.9. The maximum absolute atomic E-state index is 11.2. The normalized spacial score (nSPS) is 10.8. The molecule has 1 heterocycles. The van der Waals surface area contributed by atoms with Crippen LogP contribution < -0.4 is 9.47 Å². The number of benzene rings is 1. The molecule has 106 valence electrons. The first-order valence-electron chi connectivity index (χ1n) is 6.19. The Morgan fingerprint density at radius 3 is 2.45 bits per heavy atom. The molecule has 1 aromatic carbocycles. The minimum Gasteiger partial charge on any atom is -0.493 e. The van der Waals surface area contributed by atoms with Crippen molar-refractivity contribution in [3.63, 3.8) is 0 Å². The summed E-state index contributed by atoms with van der Waals surface area (Å²) in [5.41, 5.74) is 1.03. The van der Waals surface area contributed by atoms with E-state index in [0.29, 0.717) is 22.4 Å². The van der Waals surface area contributed by atoms with Crippen LogP contribution in [0.2, 0.25) is 0 Å². The molecular weight excluding hydrogens is 260 g/mol. The number of nitro benzene ring substituents is 1. The molecule has 0 spiro atoms. The molecule has 0 N–H and O–H groups in total. The van der Waals surface area contributed by atoms with Crippen molar-refractivity contribution in [2.75, 3.05) is 14.2 Å². The molecule has 0 saturated heterocycles. The van der Waals surface area contributed by atoms with Gasteiger partial charge in [-0.3, -0.25) is 10.1 Å². The molecule has 0 radical (unpaired) electrons. The fraction of sp³-hybridized carbons (Fsp3) is 0.357. The van der Waals surface area contributed by atoms with E-state index < -0.39 is 4.92 Å². The van der Waals surface area contributed by atoms with Crippen LogP contribution in [0.4, 0.5) is 5.69 Å². The largest absolute Gasteiger partial charge is 0.493 e. The average molecular weight is 276 g/mol. The van der Waals surface area contributed by atoms with E-state index in [1.807, 2.05) is 19.9 Å². The van der Waals surface area contributed by atoms with Crippen molar-refractivity contribution in [2.45, 2.75) is 19.8 Å². The van der Waals surface area contributed by atoms with Crippen LogP contribution in [0.3, 0.4) is 0 Å². The van der Waals surface area contributed by atoms with Crippen LogP contribution >= 0.6 is 0 Å². The molecule has 2 aromatic rings. The maximum atomic E-state index is 11.2. The first-order valence-corrected chi connectivity index (χ1v) is 6.19. The predicted molar refractivity (Wildman–Crippen MR) is 75.6 cm³/mol. The Balaban J connectivity index is 2.87. The molecule has 0 bridgehead atoms. The Labute approximate surface area is 116 Å². The number of fused-ring (bicyclic) bond motifs is 1. The Bertz CT molecular complexity index is 668. The predicted octanol–water partition coefficient (Wildman–Crippen LogP) is 3.28. The number of rotatable bonds is 4. The quantitative estimate of drug-likeness (QED) is 0.632. The van der Waals surface area contributed by atoms with Gasteiger partial charge in [-0.1, -0.05) is 13.8 Å². The van der Waals surface area contributed by atoms with Crippen molar-refractivity contribution in [2.24, 2.45) is 0 Å². The number of nitrogens with zero attached hydrogens (tertiary/aromatic N) is 2. The summed E-state index contributed by atoms with van der Waals surface area (Å²) in [4.78, 5) is 15.2. The number of hydrogen-bond acceptors (Lipinski definition) is 5. The molecule has 0 atom stereocenters. The summed E-state index contributed by atoms with van der Waals surface area (Å²) in [6, 6.07) is 4.98. The van der Waals surface area contributed by atoms with Gasteiger partial charge in [0, 0.05) is 5.69 Å². The lowest BCUT2D eigenvalue weighted by atomic mass is 10.1. The summed E-state index contributed by atoms with van der Waals surface area (Å²) in [5, 5.41) is 11.8. The lowest BCUT2D eigenvalue weighted by Crippen LogP contribution is -2.00. The molecule has 0 saturated carbocycles. The van der Waals surface area contributed by atoms with Crippen LogP contribution in [0, 0.1) is 10.1 Å². The standard InChI is InChI=1S/C14H16N2O4/c1-8(2)10-6-5-9-13(15-10)11(16(17)18)7-12(19-3)14(9)20-4/h5-8H,1-4H3. The van der Waals surface area contributed by atoms with E-state index >= 15 is 0 Å². The third kappa shape index (κ3) is 2.24. The third-order valence-corrected chi connectivity index (χ3v) is 3.11. The first kappa shape index (κ1) is 14.0. The molecule has 0 fully saturated rings. The number of methoxy groups -OCH3 is 2. The van der Waals surface area contributed by atoms with Crippen molar-refractivity contribution in [1.29, 1.82) is 0 Å². The van der Waals surface area contributed by atoms with Crippen LogP contribution in [0.1, 0.15) is 25.5 Å². The van der Waals surface area contributed by atoms with Crippen molar-refractivity contribution >= 4 is 16.6 Å². The zero-order valence-corrected chi connectivity index (χ0v) is 11.8. The molecule has 0 aliphatic carbocycles. The molecule has 1 aromatic heterocycles. The second kappa shape index (κ2) is 5.32. The highest BCUT2D eigenvalue weighted by Crippen LogP contribution is 2.40. The fourth-order valence-corrected chi connectivity index (χ4v) is 2.07. The molecule has 0 amide bonds. The average Bonchev–Trinajstić information content (AvgIpc) is 2.44. The second-order valence-corrected chi connectivity index (χ2v) is 4.68. The monoisotopic (exact) mass is 276 g/mol. The second-order valence-electron chi connectivity index (χ2n) is 4.68.